The van der Waals surface area contributed by atoms with E-state index in [4.69, 9.17) is 10.5 Å². The second kappa shape index (κ2) is 5.79. The predicted octanol–water partition coefficient (Wildman–Crippen LogP) is 2.32. The first-order chi connectivity index (χ1) is 11.5. The molecule has 2 aliphatic heterocycles. The van der Waals surface area contributed by atoms with Crippen LogP contribution in [0.25, 0.3) is 0 Å². The van der Waals surface area contributed by atoms with Crippen LogP contribution in [-0.4, -0.2) is 55.2 Å². The van der Waals surface area contributed by atoms with E-state index in [1.165, 1.54) is 7.11 Å². The molecule has 0 aliphatic carbocycles. The Morgan fingerprint density at radius 3 is 2.60 bits per heavy atom. The number of piperazine rings is 1. The topological polar surface area (TPSA) is 58.8 Å². The van der Waals surface area contributed by atoms with Gasteiger partial charge >= 0.3 is 12.1 Å². The molecule has 138 valence electrons. The molecular weight excluding hydrogens is 335 g/mol. The van der Waals surface area contributed by atoms with Gasteiger partial charge in [-0.25, -0.2) is 0 Å². The summed E-state index contributed by atoms with van der Waals surface area (Å²) in [6.07, 6.45) is -4.85. The first kappa shape index (κ1) is 17.8. The summed E-state index contributed by atoms with van der Waals surface area (Å²) in [5, 5.41) is 0. The average molecular weight is 357 g/mol. The number of nitrogen functional groups attached to an aromatic ring is 1. The zero-order valence-corrected chi connectivity index (χ0v) is 14.5. The van der Waals surface area contributed by atoms with E-state index in [1.807, 2.05) is 6.07 Å². The molecule has 1 saturated heterocycles. The molecule has 2 N–H and O–H groups in total. The first-order valence-electron chi connectivity index (χ1n) is 8.12. The third kappa shape index (κ3) is 3.03. The first-order valence-corrected chi connectivity index (χ1v) is 8.12. The summed E-state index contributed by atoms with van der Waals surface area (Å²) in [7, 11) is 1.53. The number of carbonyl (C=O) groups excluding carboxylic acids is 1. The van der Waals surface area contributed by atoms with E-state index < -0.39 is 12.1 Å². The standard InChI is InChI=1S/C17H22F3N3O2/c1-16(2)9-23-5-4-22(15(24)17(18,19)20)8-13(23)10-6-12(21)14(25-3)7-11(10)16/h6-7,13H,4-5,8-9,21H2,1-3H3. The van der Waals surface area contributed by atoms with Gasteiger partial charge in [0, 0.05) is 31.6 Å². The van der Waals surface area contributed by atoms with Crippen molar-refractivity contribution < 1.29 is 22.7 Å². The fourth-order valence-electron chi connectivity index (χ4n) is 3.91. The SMILES string of the molecule is COc1cc2c(cc1N)C1CN(C(=O)C(F)(F)F)CCN1CC2(C)C. The Morgan fingerprint density at radius 1 is 1.32 bits per heavy atom. The maximum absolute atomic E-state index is 12.8. The van der Waals surface area contributed by atoms with Crippen molar-refractivity contribution >= 4 is 11.6 Å². The van der Waals surface area contributed by atoms with Gasteiger partial charge in [0.1, 0.15) is 5.75 Å². The molecule has 2 heterocycles. The number of rotatable bonds is 1. The second-order valence-corrected chi connectivity index (χ2v) is 7.30. The zero-order chi connectivity index (χ0) is 18.6. The highest BCUT2D eigenvalue weighted by molar-refractivity contribution is 5.82. The van der Waals surface area contributed by atoms with Gasteiger partial charge in [-0.1, -0.05) is 13.8 Å². The highest BCUT2D eigenvalue weighted by Crippen LogP contribution is 2.44. The Bertz CT molecular complexity index is 703. The summed E-state index contributed by atoms with van der Waals surface area (Å²) >= 11 is 0. The van der Waals surface area contributed by atoms with Crippen LogP contribution in [0.2, 0.25) is 0 Å². The molecule has 0 bridgehead atoms. The molecule has 1 amide bonds. The molecule has 0 radical (unpaired) electrons. The smallest absolute Gasteiger partial charge is 0.471 e. The Kier molecular flexibility index (Phi) is 4.14. The van der Waals surface area contributed by atoms with E-state index in [-0.39, 0.29) is 24.5 Å². The van der Waals surface area contributed by atoms with Crippen molar-refractivity contribution in [1.82, 2.24) is 9.80 Å². The largest absolute Gasteiger partial charge is 0.495 e. The summed E-state index contributed by atoms with van der Waals surface area (Å²) in [5.41, 5.74) is 8.15. The third-order valence-electron chi connectivity index (χ3n) is 5.11. The monoisotopic (exact) mass is 357 g/mol. The molecule has 5 nitrogen and oxygen atoms in total. The van der Waals surface area contributed by atoms with Gasteiger partial charge in [0.15, 0.2) is 0 Å². The molecule has 1 aromatic carbocycles. The minimum absolute atomic E-state index is 0.00714. The molecule has 0 aromatic heterocycles. The van der Waals surface area contributed by atoms with Crippen LogP contribution in [0.5, 0.6) is 5.75 Å². The number of hydrogen-bond acceptors (Lipinski definition) is 4. The van der Waals surface area contributed by atoms with Crippen molar-refractivity contribution in [2.45, 2.75) is 31.5 Å². The van der Waals surface area contributed by atoms with E-state index in [0.717, 1.165) is 16.0 Å². The fourth-order valence-corrected chi connectivity index (χ4v) is 3.91. The minimum Gasteiger partial charge on any atom is -0.495 e. The lowest BCUT2D eigenvalue weighted by molar-refractivity contribution is -0.188. The summed E-state index contributed by atoms with van der Waals surface area (Å²) in [6.45, 7) is 5.36. The van der Waals surface area contributed by atoms with Gasteiger partial charge in [-0.2, -0.15) is 13.2 Å². The van der Waals surface area contributed by atoms with Crippen molar-refractivity contribution in [1.29, 1.82) is 0 Å². The molecule has 2 aliphatic rings. The van der Waals surface area contributed by atoms with E-state index in [1.54, 1.807) is 6.07 Å². The number of nitrogens with zero attached hydrogens (tertiary/aromatic N) is 2. The molecule has 1 unspecified atom stereocenters. The number of amides is 1. The Labute approximate surface area is 144 Å². The van der Waals surface area contributed by atoms with Crippen LogP contribution in [0.4, 0.5) is 18.9 Å². The quantitative estimate of drug-likeness (QED) is 0.784. The number of hydrogen-bond donors (Lipinski definition) is 1. The highest BCUT2D eigenvalue weighted by Gasteiger charge is 2.47. The summed E-state index contributed by atoms with van der Waals surface area (Å²) < 4.78 is 43.7. The number of ether oxygens (including phenoxy) is 1. The lowest BCUT2D eigenvalue weighted by Crippen LogP contribution is -2.57. The van der Waals surface area contributed by atoms with E-state index in [2.05, 4.69) is 18.7 Å². The van der Waals surface area contributed by atoms with Gasteiger partial charge in [-0.05, 0) is 23.3 Å². The van der Waals surface area contributed by atoms with Gasteiger partial charge < -0.3 is 15.4 Å². The Hall–Kier alpha value is -1.96. The molecule has 1 atom stereocenters. The molecule has 25 heavy (non-hydrogen) atoms. The van der Waals surface area contributed by atoms with Crippen molar-refractivity contribution in [2.75, 3.05) is 39.0 Å². The second-order valence-electron chi connectivity index (χ2n) is 7.30. The van der Waals surface area contributed by atoms with Crippen molar-refractivity contribution in [3.8, 4) is 5.75 Å². The number of anilines is 1. The Morgan fingerprint density at radius 2 is 2.00 bits per heavy atom. The number of alkyl halides is 3. The van der Waals surface area contributed by atoms with Crippen molar-refractivity contribution in [2.24, 2.45) is 0 Å². The minimum atomic E-state index is -4.85. The van der Waals surface area contributed by atoms with Crippen LogP contribution in [0.3, 0.4) is 0 Å². The molecule has 0 spiro atoms. The number of benzene rings is 1. The fraction of sp³-hybridized carbons (Fsp3) is 0.588. The molecule has 1 fully saturated rings. The maximum atomic E-state index is 12.8. The third-order valence-corrected chi connectivity index (χ3v) is 5.11. The van der Waals surface area contributed by atoms with Gasteiger partial charge in [-0.15, -0.1) is 0 Å². The molecule has 0 saturated carbocycles. The van der Waals surface area contributed by atoms with E-state index in [9.17, 15) is 18.0 Å². The average Bonchev–Trinajstić information content (AvgIpc) is 2.52. The van der Waals surface area contributed by atoms with Crippen LogP contribution in [0, 0.1) is 0 Å². The van der Waals surface area contributed by atoms with Crippen molar-refractivity contribution in [3.05, 3.63) is 23.3 Å². The van der Waals surface area contributed by atoms with Crippen LogP contribution in [0.15, 0.2) is 12.1 Å². The number of halogens is 3. The van der Waals surface area contributed by atoms with E-state index >= 15 is 0 Å². The number of nitrogens with two attached hydrogens (primary N) is 1. The Balaban J connectivity index is 2.00. The van der Waals surface area contributed by atoms with Crippen LogP contribution in [0.1, 0.15) is 31.0 Å². The summed E-state index contributed by atoms with van der Waals surface area (Å²) in [4.78, 5) is 14.7. The number of carbonyl (C=O) groups is 1. The summed E-state index contributed by atoms with van der Waals surface area (Å²) in [6, 6.07) is 3.34. The lowest BCUT2D eigenvalue weighted by atomic mass is 9.74. The number of fused-ring (bicyclic) bond motifs is 3. The zero-order valence-electron chi connectivity index (χ0n) is 14.5. The normalized spacial score (nSPS) is 23.0. The highest BCUT2D eigenvalue weighted by atomic mass is 19.4. The van der Waals surface area contributed by atoms with Crippen LogP contribution < -0.4 is 10.5 Å². The lowest BCUT2D eigenvalue weighted by Gasteiger charge is -2.50. The van der Waals surface area contributed by atoms with E-state index in [0.29, 0.717) is 24.5 Å². The number of methoxy groups -OCH3 is 1. The van der Waals surface area contributed by atoms with Gasteiger partial charge in [0.05, 0.1) is 18.8 Å². The van der Waals surface area contributed by atoms with Gasteiger partial charge in [0.25, 0.3) is 0 Å². The maximum Gasteiger partial charge on any atom is 0.471 e. The van der Waals surface area contributed by atoms with Crippen LogP contribution in [-0.2, 0) is 10.2 Å². The predicted molar refractivity (Wildman–Crippen MR) is 87.4 cm³/mol. The summed E-state index contributed by atoms with van der Waals surface area (Å²) in [5.74, 6) is -1.22. The van der Waals surface area contributed by atoms with Gasteiger partial charge in [0.2, 0.25) is 0 Å². The molecule has 3 rings (SSSR count). The molecule has 1 aromatic rings. The van der Waals surface area contributed by atoms with Gasteiger partial charge in [-0.3, -0.25) is 9.69 Å². The van der Waals surface area contributed by atoms with Crippen molar-refractivity contribution in [3.63, 3.8) is 0 Å². The molecule has 8 heteroatoms. The van der Waals surface area contributed by atoms with Crippen LogP contribution >= 0.6 is 0 Å². The molecular formula is C17H22F3N3O2.